The van der Waals surface area contributed by atoms with Crippen molar-refractivity contribution in [2.75, 3.05) is 33.9 Å². The maximum Gasteiger partial charge on any atom is 0.244 e. The van der Waals surface area contributed by atoms with Gasteiger partial charge in [0.1, 0.15) is 16.4 Å². The molecular weight excluding hydrogens is 328 g/mol. The Kier molecular flexibility index (Phi) is 6.48. The molecule has 0 aliphatic carbocycles. The average molecular weight is 356 g/mol. The number of nitrogens with zero attached hydrogens (tertiary/aromatic N) is 1. The van der Waals surface area contributed by atoms with Crippen LogP contribution in [0.5, 0.6) is 11.5 Å². The highest BCUT2D eigenvalue weighted by molar-refractivity contribution is 7.89. The minimum atomic E-state index is -3.66. The smallest absolute Gasteiger partial charge is 0.244 e. The minimum absolute atomic E-state index is 0.101. The van der Waals surface area contributed by atoms with E-state index in [-0.39, 0.29) is 10.9 Å². The van der Waals surface area contributed by atoms with E-state index in [1.54, 1.807) is 12.1 Å². The summed E-state index contributed by atoms with van der Waals surface area (Å²) in [6.45, 7) is 6.73. The van der Waals surface area contributed by atoms with Crippen LogP contribution in [-0.4, -0.2) is 53.2 Å². The first kappa shape index (κ1) is 19.0. The largest absolute Gasteiger partial charge is 0.497 e. The van der Waals surface area contributed by atoms with E-state index in [9.17, 15) is 8.42 Å². The maximum atomic E-state index is 12.7. The third-order valence-electron chi connectivity index (χ3n) is 4.67. The van der Waals surface area contributed by atoms with Crippen LogP contribution in [0.3, 0.4) is 0 Å². The van der Waals surface area contributed by atoms with Crippen LogP contribution in [0, 0.1) is 5.92 Å². The van der Waals surface area contributed by atoms with Gasteiger partial charge in [-0.3, -0.25) is 4.90 Å². The van der Waals surface area contributed by atoms with Crippen LogP contribution in [0.25, 0.3) is 0 Å². The average Bonchev–Trinajstić information content (AvgIpc) is 2.59. The number of likely N-dealkylation sites (tertiary alicyclic amines) is 1. The molecule has 0 spiro atoms. The zero-order chi connectivity index (χ0) is 17.7. The van der Waals surface area contributed by atoms with Crippen LogP contribution in [0.15, 0.2) is 23.1 Å². The molecule has 1 aliphatic heterocycles. The number of sulfonamides is 1. The molecule has 1 fully saturated rings. The molecule has 6 nitrogen and oxygen atoms in total. The number of benzene rings is 1. The van der Waals surface area contributed by atoms with Gasteiger partial charge in [0, 0.05) is 18.7 Å². The molecule has 1 atom stereocenters. The molecular formula is C17H28N2O4S. The van der Waals surface area contributed by atoms with Gasteiger partial charge in [-0.25, -0.2) is 13.1 Å². The first-order chi connectivity index (χ1) is 11.4. The Labute approximate surface area is 145 Å². The Morgan fingerprint density at radius 1 is 1.25 bits per heavy atom. The lowest BCUT2D eigenvalue weighted by atomic mass is 9.98. The fourth-order valence-corrected chi connectivity index (χ4v) is 4.20. The number of rotatable bonds is 7. The molecule has 0 amide bonds. The van der Waals surface area contributed by atoms with Gasteiger partial charge in [-0.15, -0.1) is 0 Å². The lowest BCUT2D eigenvalue weighted by molar-refractivity contribution is 0.148. The van der Waals surface area contributed by atoms with Crippen molar-refractivity contribution in [3.05, 3.63) is 18.2 Å². The Balaban J connectivity index is 2.05. The SMILES string of the molecule is COc1ccc(OC)c(S(=O)(=O)NCC(C)N2CCC(C)CC2)c1. The first-order valence-corrected chi connectivity index (χ1v) is 9.81. The van der Waals surface area contributed by atoms with Crippen molar-refractivity contribution in [3.8, 4) is 11.5 Å². The summed E-state index contributed by atoms with van der Waals surface area (Å²) in [6, 6.07) is 4.91. The van der Waals surface area contributed by atoms with Crippen LogP contribution in [-0.2, 0) is 10.0 Å². The van der Waals surface area contributed by atoms with Gasteiger partial charge in [0.25, 0.3) is 0 Å². The summed E-state index contributed by atoms with van der Waals surface area (Å²) < 4.78 is 38.3. The fraction of sp³-hybridized carbons (Fsp3) is 0.647. The summed E-state index contributed by atoms with van der Waals surface area (Å²) in [5.74, 6) is 1.54. The van der Waals surface area contributed by atoms with E-state index in [1.165, 1.54) is 33.1 Å². The van der Waals surface area contributed by atoms with E-state index >= 15 is 0 Å². The van der Waals surface area contributed by atoms with E-state index < -0.39 is 10.0 Å². The predicted molar refractivity (Wildman–Crippen MR) is 94.2 cm³/mol. The number of hydrogen-bond donors (Lipinski definition) is 1. The maximum absolute atomic E-state index is 12.7. The zero-order valence-corrected chi connectivity index (χ0v) is 15.7. The summed E-state index contributed by atoms with van der Waals surface area (Å²) in [6.07, 6.45) is 2.33. The molecule has 2 rings (SSSR count). The van der Waals surface area contributed by atoms with Crippen LogP contribution < -0.4 is 14.2 Å². The minimum Gasteiger partial charge on any atom is -0.497 e. The van der Waals surface area contributed by atoms with Crippen LogP contribution in [0.1, 0.15) is 26.7 Å². The molecule has 136 valence electrons. The Hall–Kier alpha value is -1.31. The number of ether oxygens (including phenoxy) is 2. The lowest BCUT2D eigenvalue weighted by Gasteiger charge is -2.35. The molecule has 0 aromatic heterocycles. The number of hydrogen-bond acceptors (Lipinski definition) is 5. The van der Waals surface area contributed by atoms with Gasteiger partial charge in [0.15, 0.2) is 0 Å². The Bertz CT molecular complexity index is 640. The molecule has 0 bridgehead atoms. The molecule has 1 aromatic carbocycles. The second-order valence-electron chi connectivity index (χ2n) is 6.44. The highest BCUT2D eigenvalue weighted by Gasteiger charge is 2.24. The van der Waals surface area contributed by atoms with E-state index in [2.05, 4.69) is 23.5 Å². The molecule has 1 N–H and O–H groups in total. The number of methoxy groups -OCH3 is 2. The molecule has 1 saturated heterocycles. The van der Waals surface area contributed by atoms with Crippen molar-refractivity contribution in [2.45, 2.75) is 37.6 Å². The van der Waals surface area contributed by atoms with Crippen LogP contribution >= 0.6 is 0 Å². The van der Waals surface area contributed by atoms with Crippen LogP contribution in [0.2, 0.25) is 0 Å². The van der Waals surface area contributed by atoms with E-state index in [0.29, 0.717) is 18.0 Å². The van der Waals surface area contributed by atoms with E-state index in [0.717, 1.165) is 19.0 Å². The van der Waals surface area contributed by atoms with Crippen molar-refractivity contribution >= 4 is 10.0 Å². The zero-order valence-electron chi connectivity index (χ0n) is 14.9. The molecule has 24 heavy (non-hydrogen) atoms. The second kappa shape index (κ2) is 8.18. The summed E-state index contributed by atoms with van der Waals surface area (Å²) in [5, 5.41) is 0. The summed E-state index contributed by atoms with van der Waals surface area (Å²) in [7, 11) is -0.700. The lowest BCUT2D eigenvalue weighted by Crippen LogP contribution is -2.45. The summed E-state index contributed by atoms with van der Waals surface area (Å²) in [5.41, 5.74) is 0. The Morgan fingerprint density at radius 3 is 2.50 bits per heavy atom. The van der Waals surface area contributed by atoms with Gasteiger partial charge >= 0.3 is 0 Å². The van der Waals surface area contributed by atoms with Crippen molar-refractivity contribution in [3.63, 3.8) is 0 Å². The third kappa shape index (κ3) is 4.62. The molecule has 1 aliphatic rings. The number of piperidine rings is 1. The molecule has 7 heteroatoms. The van der Waals surface area contributed by atoms with Gasteiger partial charge in [0.05, 0.1) is 14.2 Å². The van der Waals surface area contributed by atoms with E-state index in [4.69, 9.17) is 9.47 Å². The van der Waals surface area contributed by atoms with Crippen LogP contribution in [0.4, 0.5) is 0 Å². The topological polar surface area (TPSA) is 67.9 Å². The molecule has 0 radical (unpaired) electrons. The fourth-order valence-electron chi connectivity index (χ4n) is 2.90. The predicted octanol–water partition coefficient (Wildman–Crippen LogP) is 2.10. The van der Waals surface area contributed by atoms with Gasteiger partial charge < -0.3 is 9.47 Å². The highest BCUT2D eigenvalue weighted by atomic mass is 32.2. The van der Waals surface area contributed by atoms with Crippen molar-refractivity contribution in [2.24, 2.45) is 5.92 Å². The van der Waals surface area contributed by atoms with Crippen molar-refractivity contribution < 1.29 is 17.9 Å². The van der Waals surface area contributed by atoms with E-state index in [1.807, 2.05) is 0 Å². The standard InChI is InChI=1S/C17H28N2O4S/c1-13-7-9-19(10-8-13)14(2)12-18-24(20,21)17-11-15(22-3)5-6-16(17)23-4/h5-6,11,13-14,18H,7-10,12H2,1-4H3. The van der Waals surface area contributed by atoms with Gasteiger partial charge in [-0.05, 0) is 50.9 Å². The molecule has 1 unspecified atom stereocenters. The molecule has 1 heterocycles. The third-order valence-corrected chi connectivity index (χ3v) is 6.12. The van der Waals surface area contributed by atoms with Crippen molar-refractivity contribution in [1.82, 2.24) is 9.62 Å². The quantitative estimate of drug-likeness (QED) is 0.810. The van der Waals surface area contributed by atoms with Gasteiger partial charge in [0.2, 0.25) is 10.0 Å². The monoisotopic (exact) mass is 356 g/mol. The first-order valence-electron chi connectivity index (χ1n) is 8.33. The molecule has 0 saturated carbocycles. The second-order valence-corrected chi connectivity index (χ2v) is 8.17. The number of nitrogens with one attached hydrogen (secondary N) is 1. The Morgan fingerprint density at radius 2 is 1.92 bits per heavy atom. The van der Waals surface area contributed by atoms with Gasteiger partial charge in [-0.2, -0.15) is 0 Å². The summed E-state index contributed by atoms with van der Waals surface area (Å²) in [4.78, 5) is 2.44. The summed E-state index contributed by atoms with van der Waals surface area (Å²) >= 11 is 0. The van der Waals surface area contributed by atoms with Gasteiger partial charge in [-0.1, -0.05) is 6.92 Å². The highest BCUT2D eigenvalue weighted by Crippen LogP contribution is 2.28. The van der Waals surface area contributed by atoms with Crippen molar-refractivity contribution in [1.29, 1.82) is 0 Å². The normalized spacial score (nSPS) is 18.3. The molecule has 1 aromatic rings.